The summed E-state index contributed by atoms with van der Waals surface area (Å²) in [5, 5.41) is 2.78. The van der Waals surface area contributed by atoms with Crippen molar-refractivity contribution in [3.63, 3.8) is 0 Å². The van der Waals surface area contributed by atoms with Gasteiger partial charge in [0, 0.05) is 11.4 Å². The quantitative estimate of drug-likeness (QED) is 0.582. The molecule has 8 nitrogen and oxygen atoms in total. The van der Waals surface area contributed by atoms with Crippen LogP contribution in [0.5, 0.6) is 0 Å². The average Bonchev–Trinajstić information content (AvgIpc) is 3.12. The van der Waals surface area contributed by atoms with Crippen molar-refractivity contribution in [3.05, 3.63) is 41.5 Å². The van der Waals surface area contributed by atoms with Crippen LogP contribution in [0, 0.1) is 0 Å². The minimum atomic E-state index is -0.751. The van der Waals surface area contributed by atoms with Gasteiger partial charge in [-0.05, 0) is 43.5 Å². The van der Waals surface area contributed by atoms with Crippen LogP contribution in [0.25, 0.3) is 10.4 Å². The fraction of sp³-hybridized carbons (Fsp3) is 0.381. The molecule has 0 radical (unpaired) electrons. The molecule has 1 aromatic carbocycles. The molecule has 0 spiro atoms. The minimum Gasteiger partial charge on any atom is -0.465 e. The molecule has 0 saturated carbocycles. The zero-order valence-electron chi connectivity index (χ0n) is 16.8. The number of nitrogens with one attached hydrogen (secondary N) is 1. The van der Waals surface area contributed by atoms with Gasteiger partial charge in [-0.1, -0.05) is 30.7 Å². The van der Waals surface area contributed by atoms with Crippen LogP contribution in [0.15, 0.2) is 30.3 Å². The number of hydrogen-bond donors (Lipinski definition) is 3. The first kappa shape index (κ1) is 21.8. The summed E-state index contributed by atoms with van der Waals surface area (Å²) >= 11 is 1.24. The molecule has 1 aliphatic rings. The molecule has 1 atom stereocenters. The lowest BCUT2D eigenvalue weighted by atomic mass is 10.0. The van der Waals surface area contributed by atoms with Gasteiger partial charge in [-0.2, -0.15) is 0 Å². The Balaban J connectivity index is 1.75. The summed E-state index contributed by atoms with van der Waals surface area (Å²) in [5.41, 5.74) is 12.8. The van der Waals surface area contributed by atoms with Gasteiger partial charge in [-0.15, -0.1) is 11.3 Å². The SMILES string of the molecule is CCOC(=O)C1CCCCN1Cc1ccc(-c2cc(C(N)=O)c(NC(N)=O)s2)cc1. The van der Waals surface area contributed by atoms with E-state index >= 15 is 0 Å². The van der Waals surface area contributed by atoms with Gasteiger partial charge in [-0.3, -0.25) is 19.8 Å². The molecule has 3 amide bonds. The van der Waals surface area contributed by atoms with Crippen LogP contribution in [0.2, 0.25) is 0 Å². The number of carbonyl (C=O) groups is 3. The smallest absolute Gasteiger partial charge is 0.323 e. The van der Waals surface area contributed by atoms with Crippen molar-refractivity contribution in [1.82, 2.24) is 4.90 Å². The molecule has 2 aromatic rings. The number of urea groups is 1. The maximum Gasteiger partial charge on any atom is 0.323 e. The van der Waals surface area contributed by atoms with Crippen molar-refractivity contribution < 1.29 is 19.1 Å². The molecule has 3 rings (SSSR count). The van der Waals surface area contributed by atoms with E-state index in [0.29, 0.717) is 18.2 Å². The Labute approximate surface area is 179 Å². The molecule has 0 bridgehead atoms. The molecule has 1 fully saturated rings. The number of ether oxygens (including phenoxy) is 1. The molecule has 0 aliphatic carbocycles. The van der Waals surface area contributed by atoms with Gasteiger partial charge in [0.05, 0.1) is 12.2 Å². The molecule has 30 heavy (non-hydrogen) atoms. The van der Waals surface area contributed by atoms with Crippen molar-refractivity contribution in [2.24, 2.45) is 11.5 Å². The van der Waals surface area contributed by atoms with Gasteiger partial charge < -0.3 is 16.2 Å². The Hall–Kier alpha value is -2.91. The Bertz CT molecular complexity index is 926. The van der Waals surface area contributed by atoms with Gasteiger partial charge in [0.1, 0.15) is 11.0 Å². The molecule has 1 aromatic heterocycles. The van der Waals surface area contributed by atoms with E-state index in [1.54, 1.807) is 6.07 Å². The third kappa shape index (κ3) is 5.17. The summed E-state index contributed by atoms with van der Waals surface area (Å²) in [5.74, 6) is -0.783. The number of benzene rings is 1. The topological polar surface area (TPSA) is 128 Å². The molecular formula is C21H26N4O4S. The number of thiophene rings is 1. The van der Waals surface area contributed by atoms with E-state index in [9.17, 15) is 14.4 Å². The van der Waals surface area contributed by atoms with Crippen molar-refractivity contribution in [2.45, 2.75) is 38.8 Å². The Morgan fingerprint density at radius 1 is 1.20 bits per heavy atom. The number of likely N-dealkylation sites (tertiary alicyclic amines) is 1. The highest BCUT2D eigenvalue weighted by Crippen LogP contribution is 2.35. The third-order valence-corrected chi connectivity index (χ3v) is 6.13. The Kier molecular flexibility index (Phi) is 7.07. The highest BCUT2D eigenvalue weighted by Gasteiger charge is 2.29. The van der Waals surface area contributed by atoms with Gasteiger partial charge in [0.15, 0.2) is 0 Å². The maximum absolute atomic E-state index is 12.3. The lowest BCUT2D eigenvalue weighted by Crippen LogP contribution is -2.44. The summed E-state index contributed by atoms with van der Waals surface area (Å²) in [7, 11) is 0. The van der Waals surface area contributed by atoms with E-state index in [0.717, 1.165) is 41.8 Å². The number of esters is 1. The van der Waals surface area contributed by atoms with E-state index in [2.05, 4.69) is 10.2 Å². The van der Waals surface area contributed by atoms with E-state index in [1.807, 2.05) is 31.2 Å². The Morgan fingerprint density at radius 3 is 2.57 bits per heavy atom. The molecule has 2 heterocycles. The molecule has 5 N–H and O–H groups in total. The number of rotatable bonds is 7. The van der Waals surface area contributed by atoms with Crippen molar-refractivity contribution in [2.75, 3.05) is 18.5 Å². The van der Waals surface area contributed by atoms with Crippen LogP contribution in [-0.2, 0) is 16.1 Å². The van der Waals surface area contributed by atoms with E-state index in [-0.39, 0.29) is 17.6 Å². The van der Waals surface area contributed by atoms with Crippen LogP contribution >= 0.6 is 11.3 Å². The van der Waals surface area contributed by atoms with E-state index in [4.69, 9.17) is 16.2 Å². The minimum absolute atomic E-state index is 0.152. The van der Waals surface area contributed by atoms with Crippen molar-refractivity contribution in [1.29, 1.82) is 0 Å². The zero-order valence-corrected chi connectivity index (χ0v) is 17.7. The number of amides is 3. The monoisotopic (exact) mass is 430 g/mol. The van der Waals surface area contributed by atoms with Gasteiger partial charge in [0.25, 0.3) is 5.91 Å². The lowest BCUT2D eigenvalue weighted by Gasteiger charge is -2.34. The zero-order chi connectivity index (χ0) is 21.7. The second-order valence-electron chi connectivity index (χ2n) is 7.14. The highest BCUT2D eigenvalue weighted by molar-refractivity contribution is 7.20. The fourth-order valence-corrected chi connectivity index (χ4v) is 4.69. The van der Waals surface area contributed by atoms with Crippen LogP contribution in [0.1, 0.15) is 42.1 Å². The predicted octanol–water partition coefficient (Wildman–Crippen LogP) is 2.92. The normalized spacial score (nSPS) is 16.8. The molecule has 160 valence electrons. The van der Waals surface area contributed by atoms with Gasteiger partial charge in [0.2, 0.25) is 0 Å². The number of anilines is 1. The second kappa shape index (κ2) is 9.73. The number of nitrogens with zero attached hydrogens (tertiary/aromatic N) is 1. The standard InChI is InChI=1S/C21H26N4O4S/c1-2-29-20(27)16-5-3-4-10-25(16)12-13-6-8-14(9-7-13)17-11-15(18(22)26)19(30-17)24-21(23)28/h6-9,11,16H,2-5,10,12H2,1H3,(H2,22,26)(H3,23,24,28). The van der Waals surface area contributed by atoms with Gasteiger partial charge in [-0.25, -0.2) is 4.79 Å². The molecular weight excluding hydrogens is 404 g/mol. The number of piperidine rings is 1. The third-order valence-electron chi connectivity index (χ3n) is 5.03. The summed E-state index contributed by atoms with van der Waals surface area (Å²) in [4.78, 5) is 38.0. The van der Waals surface area contributed by atoms with Crippen LogP contribution in [-0.4, -0.2) is 42.0 Å². The first-order valence-corrected chi connectivity index (χ1v) is 10.7. The lowest BCUT2D eigenvalue weighted by molar-refractivity contribution is -0.151. The van der Waals surface area contributed by atoms with Gasteiger partial charge >= 0.3 is 12.0 Å². The number of carbonyl (C=O) groups excluding carboxylic acids is 3. The largest absolute Gasteiger partial charge is 0.465 e. The Morgan fingerprint density at radius 2 is 1.93 bits per heavy atom. The average molecular weight is 431 g/mol. The number of hydrogen-bond acceptors (Lipinski definition) is 6. The fourth-order valence-electron chi connectivity index (χ4n) is 3.62. The first-order chi connectivity index (χ1) is 14.4. The maximum atomic E-state index is 12.3. The second-order valence-corrected chi connectivity index (χ2v) is 8.19. The highest BCUT2D eigenvalue weighted by atomic mass is 32.1. The van der Waals surface area contributed by atoms with Crippen LogP contribution in [0.3, 0.4) is 0 Å². The van der Waals surface area contributed by atoms with E-state index in [1.165, 1.54) is 11.3 Å². The predicted molar refractivity (Wildman–Crippen MR) is 116 cm³/mol. The number of primary amides is 2. The van der Waals surface area contributed by atoms with Crippen molar-refractivity contribution in [3.8, 4) is 10.4 Å². The van der Waals surface area contributed by atoms with Crippen LogP contribution < -0.4 is 16.8 Å². The summed E-state index contributed by atoms with van der Waals surface area (Å²) < 4.78 is 5.23. The summed E-state index contributed by atoms with van der Waals surface area (Å²) in [6.45, 7) is 3.73. The molecule has 1 saturated heterocycles. The molecule has 1 aliphatic heterocycles. The number of nitrogens with two attached hydrogens (primary N) is 2. The summed E-state index contributed by atoms with van der Waals surface area (Å²) in [6, 6.07) is 8.59. The summed E-state index contributed by atoms with van der Waals surface area (Å²) in [6.07, 6.45) is 2.91. The molecule has 9 heteroatoms. The van der Waals surface area contributed by atoms with Crippen molar-refractivity contribution >= 4 is 34.2 Å². The van der Waals surface area contributed by atoms with E-state index < -0.39 is 11.9 Å². The van der Waals surface area contributed by atoms with Crippen LogP contribution in [0.4, 0.5) is 9.80 Å². The first-order valence-electron chi connectivity index (χ1n) is 9.89. The molecule has 1 unspecified atom stereocenters.